The second kappa shape index (κ2) is 8.04. The Kier molecular flexibility index (Phi) is 5.56. The molecule has 0 unspecified atom stereocenters. The molecule has 0 amide bonds. The van der Waals surface area contributed by atoms with Crippen LogP contribution in [0.25, 0.3) is 0 Å². The summed E-state index contributed by atoms with van der Waals surface area (Å²) in [5.74, 6) is 0.766. The maximum Gasteiger partial charge on any atom is 0.338 e. The first kappa shape index (κ1) is 18.0. The van der Waals surface area contributed by atoms with Gasteiger partial charge in [-0.05, 0) is 41.8 Å². The van der Waals surface area contributed by atoms with E-state index >= 15 is 0 Å². The molecule has 0 aliphatic carbocycles. The summed E-state index contributed by atoms with van der Waals surface area (Å²) in [5.41, 5.74) is 2.00. The van der Waals surface area contributed by atoms with Crippen molar-refractivity contribution in [3.63, 3.8) is 0 Å². The van der Waals surface area contributed by atoms with Crippen molar-refractivity contribution in [2.45, 2.75) is 26.2 Å². The number of hydrogen-bond donors (Lipinski definition) is 0. The summed E-state index contributed by atoms with van der Waals surface area (Å²) in [7, 11) is 0. The van der Waals surface area contributed by atoms with Gasteiger partial charge in [0, 0.05) is 12.0 Å². The van der Waals surface area contributed by atoms with Crippen molar-refractivity contribution < 1.29 is 23.8 Å². The van der Waals surface area contributed by atoms with Crippen LogP contribution < -0.4 is 9.47 Å². The van der Waals surface area contributed by atoms with Crippen molar-refractivity contribution in [1.82, 2.24) is 0 Å². The second-order valence-electron chi connectivity index (χ2n) is 6.49. The highest BCUT2D eigenvalue weighted by Crippen LogP contribution is 2.30. The molecule has 0 aromatic heterocycles. The number of benzene rings is 2. The average Bonchev–Trinajstić information content (AvgIpc) is 2.90. The van der Waals surface area contributed by atoms with Gasteiger partial charge in [0.05, 0.1) is 18.8 Å². The van der Waals surface area contributed by atoms with Crippen molar-refractivity contribution in [2.75, 3.05) is 19.8 Å². The van der Waals surface area contributed by atoms with E-state index < -0.39 is 5.97 Å². The van der Waals surface area contributed by atoms with E-state index in [0.717, 1.165) is 12.0 Å². The maximum atomic E-state index is 12.3. The molecule has 0 radical (unpaired) electrons. The van der Waals surface area contributed by atoms with Crippen LogP contribution >= 0.6 is 0 Å². The molecule has 5 heteroatoms. The molecule has 136 valence electrons. The summed E-state index contributed by atoms with van der Waals surface area (Å²) in [6.07, 6.45) is 0.797. The molecule has 0 spiro atoms. The van der Waals surface area contributed by atoms with Gasteiger partial charge >= 0.3 is 5.97 Å². The quantitative estimate of drug-likeness (QED) is 0.600. The van der Waals surface area contributed by atoms with Gasteiger partial charge in [-0.2, -0.15) is 0 Å². The van der Waals surface area contributed by atoms with Crippen molar-refractivity contribution in [1.29, 1.82) is 0 Å². The largest absolute Gasteiger partial charge is 0.490 e. The smallest absolute Gasteiger partial charge is 0.338 e. The highest BCUT2D eigenvalue weighted by Gasteiger charge is 2.16. The number of rotatable bonds is 5. The van der Waals surface area contributed by atoms with E-state index in [1.54, 1.807) is 30.3 Å². The zero-order valence-electron chi connectivity index (χ0n) is 15.0. The number of ether oxygens (including phenoxy) is 3. The topological polar surface area (TPSA) is 61.8 Å². The van der Waals surface area contributed by atoms with Crippen LogP contribution in [0.3, 0.4) is 0 Å². The van der Waals surface area contributed by atoms with Gasteiger partial charge in [0.15, 0.2) is 23.9 Å². The third-order valence-corrected chi connectivity index (χ3v) is 4.22. The minimum absolute atomic E-state index is 0.284. The van der Waals surface area contributed by atoms with Crippen LogP contribution in [-0.2, 0) is 4.74 Å². The fourth-order valence-corrected chi connectivity index (χ4v) is 2.64. The van der Waals surface area contributed by atoms with E-state index in [1.807, 2.05) is 12.1 Å². The van der Waals surface area contributed by atoms with Crippen LogP contribution in [0.15, 0.2) is 42.5 Å². The Bertz CT molecular complexity index is 793. The second-order valence-corrected chi connectivity index (χ2v) is 6.49. The Morgan fingerprint density at radius 1 is 0.962 bits per heavy atom. The molecule has 1 heterocycles. The van der Waals surface area contributed by atoms with E-state index in [4.69, 9.17) is 14.2 Å². The molecule has 1 aliphatic heterocycles. The summed E-state index contributed by atoms with van der Waals surface area (Å²) in [4.78, 5) is 24.4. The summed E-state index contributed by atoms with van der Waals surface area (Å²) in [6, 6.07) is 12.2. The molecule has 2 aromatic carbocycles. The number of ketones is 1. The lowest BCUT2D eigenvalue weighted by Gasteiger charge is -2.10. The standard InChI is InChI=1S/C21H22O5/c1-14(2)15-4-6-16(7-5-15)21(23)26-13-18(22)17-8-9-19-20(12-17)25-11-3-10-24-19/h4-9,12,14H,3,10-11,13H2,1-2H3. The first-order valence-electron chi connectivity index (χ1n) is 8.74. The number of carbonyl (C=O) groups excluding carboxylic acids is 2. The Morgan fingerprint density at radius 3 is 2.31 bits per heavy atom. The van der Waals surface area contributed by atoms with Crippen molar-refractivity contribution in [2.24, 2.45) is 0 Å². The fourth-order valence-electron chi connectivity index (χ4n) is 2.64. The predicted molar refractivity (Wildman–Crippen MR) is 97.2 cm³/mol. The van der Waals surface area contributed by atoms with Crippen molar-refractivity contribution >= 4 is 11.8 Å². The van der Waals surface area contributed by atoms with Gasteiger partial charge in [-0.15, -0.1) is 0 Å². The van der Waals surface area contributed by atoms with Gasteiger partial charge in [-0.1, -0.05) is 26.0 Å². The number of hydrogen-bond acceptors (Lipinski definition) is 5. The van der Waals surface area contributed by atoms with E-state index in [0.29, 0.717) is 41.8 Å². The van der Waals surface area contributed by atoms with Crippen LogP contribution in [0, 0.1) is 0 Å². The normalized spacial score (nSPS) is 13.2. The predicted octanol–water partition coefficient (Wildman–Crippen LogP) is 4.01. The molecular weight excluding hydrogens is 332 g/mol. The van der Waals surface area contributed by atoms with Crippen molar-refractivity contribution in [3.05, 3.63) is 59.2 Å². The van der Waals surface area contributed by atoms with E-state index in [-0.39, 0.29) is 12.4 Å². The highest BCUT2D eigenvalue weighted by molar-refractivity contribution is 5.99. The lowest BCUT2D eigenvalue weighted by molar-refractivity contribution is 0.0474. The first-order valence-corrected chi connectivity index (χ1v) is 8.74. The lowest BCUT2D eigenvalue weighted by atomic mass is 10.0. The molecule has 0 saturated carbocycles. The Labute approximate surface area is 152 Å². The number of fused-ring (bicyclic) bond motifs is 1. The van der Waals surface area contributed by atoms with Crippen LogP contribution in [0.4, 0.5) is 0 Å². The first-order chi connectivity index (χ1) is 12.5. The number of Topliss-reactive ketones (excluding diaryl/α,β-unsaturated/α-hetero) is 1. The zero-order chi connectivity index (χ0) is 18.5. The molecule has 1 aliphatic rings. The molecule has 0 bridgehead atoms. The van der Waals surface area contributed by atoms with E-state index in [1.165, 1.54) is 0 Å². The average molecular weight is 354 g/mol. The van der Waals surface area contributed by atoms with Crippen LogP contribution in [0.2, 0.25) is 0 Å². The Balaban J connectivity index is 1.61. The minimum atomic E-state index is -0.511. The molecular formula is C21H22O5. The fraction of sp³-hybridized carbons (Fsp3) is 0.333. The van der Waals surface area contributed by atoms with Gasteiger partial charge < -0.3 is 14.2 Å². The van der Waals surface area contributed by atoms with Crippen LogP contribution in [-0.4, -0.2) is 31.6 Å². The lowest BCUT2D eigenvalue weighted by Crippen LogP contribution is -2.14. The van der Waals surface area contributed by atoms with Crippen LogP contribution in [0.1, 0.15) is 52.5 Å². The summed E-state index contributed by atoms with van der Waals surface area (Å²) >= 11 is 0. The maximum absolute atomic E-state index is 12.3. The molecule has 5 nitrogen and oxygen atoms in total. The SMILES string of the molecule is CC(C)c1ccc(C(=O)OCC(=O)c2ccc3c(c2)OCCCO3)cc1. The number of esters is 1. The van der Waals surface area contributed by atoms with Gasteiger partial charge in [0.1, 0.15) is 0 Å². The monoisotopic (exact) mass is 354 g/mol. The van der Waals surface area contributed by atoms with Gasteiger partial charge in [-0.25, -0.2) is 4.79 Å². The Morgan fingerprint density at radius 2 is 1.62 bits per heavy atom. The van der Waals surface area contributed by atoms with Crippen molar-refractivity contribution in [3.8, 4) is 11.5 Å². The van der Waals surface area contributed by atoms with Gasteiger partial charge in [-0.3, -0.25) is 4.79 Å². The third-order valence-electron chi connectivity index (χ3n) is 4.22. The molecule has 3 rings (SSSR count). The zero-order valence-corrected chi connectivity index (χ0v) is 15.0. The van der Waals surface area contributed by atoms with Crippen LogP contribution in [0.5, 0.6) is 11.5 Å². The molecule has 0 N–H and O–H groups in total. The highest BCUT2D eigenvalue weighted by atomic mass is 16.5. The summed E-state index contributed by atoms with van der Waals surface area (Å²) in [5, 5.41) is 0. The molecule has 26 heavy (non-hydrogen) atoms. The third kappa shape index (κ3) is 4.23. The van der Waals surface area contributed by atoms with E-state index in [9.17, 15) is 9.59 Å². The molecule has 0 atom stereocenters. The molecule has 2 aromatic rings. The molecule has 0 saturated heterocycles. The molecule has 0 fully saturated rings. The summed E-state index contributed by atoms with van der Waals surface area (Å²) in [6.45, 7) is 4.99. The minimum Gasteiger partial charge on any atom is -0.490 e. The summed E-state index contributed by atoms with van der Waals surface area (Å²) < 4.78 is 16.3. The van der Waals surface area contributed by atoms with E-state index in [2.05, 4.69) is 13.8 Å². The number of carbonyl (C=O) groups is 2. The van der Waals surface area contributed by atoms with Gasteiger partial charge in [0.25, 0.3) is 0 Å². The Hall–Kier alpha value is -2.82. The van der Waals surface area contributed by atoms with Gasteiger partial charge in [0.2, 0.25) is 0 Å².